The lowest BCUT2D eigenvalue weighted by Gasteiger charge is -2.23. The van der Waals surface area contributed by atoms with Crippen molar-refractivity contribution in [1.29, 1.82) is 0 Å². The van der Waals surface area contributed by atoms with Gasteiger partial charge in [0.15, 0.2) is 0 Å². The molecule has 1 aliphatic rings. The third-order valence-electron chi connectivity index (χ3n) is 2.76. The third-order valence-corrected chi connectivity index (χ3v) is 4.99. The normalized spacial score (nSPS) is 24.7. The topological polar surface area (TPSA) is 72.6 Å². The maximum absolute atomic E-state index is 11.8. The van der Waals surface area contributed by atoms with Crippen LogP contribution in [0, 0.1) is 0 Å². The van der Waals surface area contributed by atoms with Gasteiger partial charge in [-0.1, -0.05) is 0 Å². The zero-order chi connectivity index (χ0) is 11.5. The van der Waals surface area contributed by atoms with Crippen molar-refractivity contribution in [3.05, 3.63) is 0 Å². The van der Waals surface area contributed by atoms with Crippen molar-refractivity contribution in [1.82, 2.24) is 4.31 Å². The van der Waals surface area contributed by atoms with Gasteiger partial charge in [-0.15, -0.1) is 0 Å². The molecule has 2 unspecified atom stereocenters. The van der Waals surface area contributed by atoms with Gasteiger partial charge in [0.05, 0.1) is 11.4 Å². The third kappa shape index (κ3) is 3.14. The SMILES string of the molecule is CC(CN)S(=O)(=O)N(C)CC1CCCO1. The Kier molecular flexibility index (Phi) is 4.51. The molecule has 0 saturated carbocycles. The van der Waals surface area contributed by atoms with E-state index in [0.29, 0.717) is 6.54 Å². The summed E-state index contributed by atoms with van der Waals surface area (Å²) in [5.41, 5.74) is 5.37. The Morgan fingerprint density at radius 2 is 2.27 bits per heavy atom. The first-order valence-electron chi connectivity index (χ1n) is 5.25. The lowest BCUT2D eigenvalue weighted by molar-refractivity contribution is 0.0977. The fourth-order valence-electron chi connectivity index (χ4n) is 1.61. The van der Waals surface area contributed by atoms with Crippen LogP contribution in [0.25, 0.3) is 0 Å². The Hall–Kier alpha value is -0.170. The zero-order valence-corrected chi connectivity index (χ0v) is 10.2. The molecule has 1 heterocycles. The Bertz CT molecular complexity index is 286. The molecule has 2 atom stereocenters. The maximum atomic E-state index is 11.8. The minimum atomic E-state index is -3.25. The van der Waals surface area contributed by atoms with Crippen molar-refractivity contribution < 1.29 is 13.2 Å². The number of nitrogens with zero attached hydrogens (tertiary/aromatic N) is 1. The van der Waals surface area contributed by atoms with Crippen molar-refractivity contribution in [2.45, 2.75) is 31.1 Å². The van der Waals surface area contributed by atoms with E-state index in [1.54, 1.807) is 14.0 Å². The summed E-state index contributed by atoms with van der Waals surface area (Å²) in [6.07, 6.45) is 2.01. The van der Waals surface area contributed by atoms with Crippen LogP contribution in [-0.2, 0) is 14.8 Å². The van der Waals surface area contributed by atoms with Crippen LogP contribution in [0.5, 0.6) is 0 Å². The van der Waals surface area contributed by atoms with Gasteiger partial charge in [-0.2, -0.15) is 0 Å². The average molecular weight is 236 g/mol. The summed E-state index contributed by atoms with van der Waals surface area (Å²) in [5.74, 6) is 0. The van der Waals surface area contributed by atoms with Gasteiger partial charge in [0.2, 0.25) is 10.0 Å². The van der Waals surface area contributed by atoms with E-state index in [9.17, 15) is 8.42 Å². The molecule has 0 aromatic carbocycles. The van der Waals surface area contributed by atoms with Crippen LogP contribution in [0.15, 0.2) is 0 Å². The lowest BCUT2D eigenvalue weighted by atomic mass is 10.2. The van der Waals surface area contributed by atoms with Crippen LogP contribution in [-0.4, -0.2) is 50.8 Å². The summed E-state index contributed by atoms with van der Waals surface area (Å²) >= 11 is 0. The van der Waals surface area contributed by atoms with E-state index in [-0.39, 0.29) is 12.6 Å². The number of hydrogen-bond donors (Lipinski definition) is 1. The molecule has 5 nitrogen and oxygen atoms in total. The summed E-state index contributed by atoms with van der Waals surface area (Å²) in [6, 6.07) is 0. The molecule has 0 aliphatic carbocycles. The molecular formula is C9H20N2O3S. The molecule has 1 aliphatic heterocycles. The van der Waals surface area contributed by atoms with E-state index >= 15 is 0 Å². The van der Waals surface area contributed by atoms with Crippen LogP contribution >= 0.6 is 0 Å². The fraction of sp³-hybridized carbons (Fsp3) is 1.00. The second-order valence-electron chi connectivity index (χ2n) is 4.01. The number of sulfonamides is 1. The predicted molar refractivity (Wildman–Crippen MR) is 59.0 cm³/mol. The Morgan fingerprint density at radius 1 is 1.60 bits per heavy atom. The molecule has 0 bridgehead atoms. The highest BCUT2D eigenvalue weighted by atomic mass is 32.2. The van der Waals surface area contributed by atoms with Gasteiger partial charge < -0.3 is 10.5 Å². The van der Waals surface area contributed by atoms with E-state index in [2.05, 4.69) is 0 Å². The first kappa shape index (κ1) is 12.9. The van der Waals surface area contributed by atoms with Crippen molar-refractivity contribution in [3.8, 4) is 0 Å². The van der Waals surface area contributed by atoms with Crippen molar-refractivity contribution >= 4 is 10.0 Å². The van der Waals surface area contributed by atoms with Crippen LogP contribution in [0.3, 0.4) is 0 Å². The highest BCUT2D eigenvalue weighted by Crippen LogP contribution is 2.15. The molecule has 0 radical (unpaired) electrons. The number of ether oxygens (including phenoxy) is 1. The molecule has 1 rings (SSSR count). The van der Waals surface area contributed by atoms with E-state index in [1.807, 2.05) is 0 Å². The maximum Gasteiger partial charge on any atom is 0.217 e. The van der Waals surface area contributed by atoms with Crippen molar-refractivity contribution in [2.24, 2.45) is 5.73 Å². The van der Waals surface area contributed by atoms with Gasteiger partial charge in [0, 0.05) is 26.7 Å². The van der Waals surface area contributed by atoms with Crippen molar-refractivity contribution in [3.63, 3.8) is 0 Å². The summed E-state index contributed by atoms with van der Waals surface area (Å²) in [4.78, 5) is 0. The van der Waals surface area contributed by atoms with E-state index in [1.165, 1.54) is 4.31 Å². The Morgan fingerprint density at radius 3 is 2.73 bits per heavy atom. The molecule has 0 aromatic rings. The smallest absolute Gasteiger partial charge is 0.217 e. The molecule has 6 heteroatoms. The summed E-state index contributed by atoms with van der Waals surface area (Å²) in [7, 11) is -1.66. The van der Waals surface area contributed by atoms with Gasteiger partial charge in [-0.3, -0.25) is 0 Å². The molecule has 0 amide bonds. The molecule has 1 saturated heterocycles. The van der Waals surface area contributed by atoms with Crippen molar-refractivity contribution in [2.75, 3.05) is 26.7 Å². The predicted octanol–water partition coefficient (Wildman–Crippen LogP) is -0.226. The van der Waals surface area contributed by atoms with Crippen LogP contribution in [0.1, 0.15) is 19.8 Å². The minimum absolute atomic E-state index is 0.0507. The van der Waals surface area contributed by atoms with Gasteiger partial charge in [0.1, 0.15) is 0 Å². The second kappa shape index (κ2) is 5.25. The minimum Gasteiger partial charge on any atom is -0.377 e. The standard InChI is InChI=1S/C9H20N2O3S/c1-8(6-10)15(12,13)11(2)7-9-4-3-5-14-9/h8-9H,3-7,10H2,1-2H3. The second-order valence-corrected chi connectivity index (χ2v) is 6.46. The summed E-state index contributed by atoms with van der Waals surface area (Å²) in [5, 5.41) is -0.524. The molecule has 15 heavy (non-hydrogen) atoms. The molecule has 1 fully saturated rings. The molecule has 90 valence electrons. The van der Waals surface area contributed by atoms with Gasteiger partial charge >= 0.3 is 0 Å². The average Bonchev–Trinajstić information content (AvgIpc) is 2.68. The molecular weight excluding hydrogens is 216 g/mol. The molecule has 0 aromatic heterocycles. The summed E-state index contributed by atoms with van der Waals surface area (Å²) < 4.78 is 30.4. The monoisotopic (exact) mass is 236 g/mol. The highest BCUT2D eigenvalue weighted by molar-refractivity contribution is 7.89. The number of hydrogen-bond acceptors (Lipinski definition) is 4. The number of nitrogens with two attached hydrogens (primary N) is 1. The van der Waals surface area contributed by atoms with Crippen LogP contribution < -0.4 is 5.73 Å². The number of rotatable bonds is 5. The lowest BCUT2D eigenvalue weighted by Crippen LogP contribution is -2.41. The Balaban J connectivity index is 2.54. The van der Waals surface area contributed by atoms with E-state index in [4.69, 9.17) is 10.5 Å². The first-order valence-corrected chi connectivity index (χ1v) is 6.75. The largest absolute Gasteiger partial charge is 0.377 e. The van der Waals surface area contributed by atoms with E-state index in [0.717, 1.165) is 19.4 Å². The van der Waals surface area contributed by atoms with Crippen LogP contribution in [0.4, 0.5) is 0 Å². The fourth-order valence-corrected chi connectivity index (χ4v) is 2.84. The summed E-state index contributed by atoms with van der Waals surface area (Å²) in [6.45, 7) is 2.96. The quantitative estimate of drug-likeness (QED) is 0.716. The highest BCUT2D eigenvalue weighted by Gasteiger charge is 2.28. The zero-order valence-electron chi connectivity index (χ0n) is 9.35. The molecule has 2 N–H and O–H groups in total. The van der Waals surface area contributed by atoms with Gasteiger partial charge in [-0.25, -0.2) is 12.7 Å². The number of likely N-dealkylation sites (N-methyl/N-ethyl adjacent to an activating group) is 1. The van der Waals surface area contributed by atoms with Crippen LogP contribution in [0.2, 0.25) is 0 Å². The molecule has 0 spiro atoms. The first-order chi connectivity index (χ1) is 6.98. The Labute approximate surface area is 91.6 Å². The van der Waals surface area contributed by atoms with E-state index < -0.39 is 15.3 Å². The van der Waals surface area contributed by atoms with Gasteiger partial charge in [0.25, 0.3) is 0 Å². The van der Waals surface area contributed by atoms with Gasteiger partial charge in [-0.05, 0) is 19.8 Å².